The number of esters is 1. The summed E-state index contributed by atoms with van der Waals surface area (Å²) in [6, 6.07) is 8.79. The van der Waals surface area contributed by atoms with Gasteiger partial charge in [-0.2, -0.15) is 13.2 Å². The van der Waals surface area contributed by atoms with Crippen LogP contribution >= 0.6 is 0 Å². The Kier molecular flexibility index (Phi) is 7.91. The molecule has 0 saturated carbocycles. The van der Waals surface area contributed by atoms with Crippen LogP contribution in [-0.2, 0) is 20.5 Å². The quantitative estimate of drug-likeness (QED) is 0.434. The van der Waals surface area contributed by atoms with Gasteiger partial charge in [0.05, 0.1) is 29.5 Å². The molecular formula is C25H27F3N4O4. The third-order valence-electron chi connectivity index (χ3n) is 5.61. The average Bonchev–Trinajstić information content (AvgIpc) is 2.81. The lowest BCUT2D eigenvalue weighted by atomic mass is 9.92. The van der Waals surface area contributed by atoms with Crippen LogP contribution in [0, 0.1) is 0 Å². The van der Waals surface area contributed by atoms with E-state index in [1.807, 2.05) is 0 Å². The molecule has 1 aliphatic heterocycles. The summed E-state index contributed by atoms with van der Waals surface area (Å²) in [6.07, 6.45) is -4.65. The van der Waals surface area contributed by atoms with Crippen LogP contribution < -0.4 is 16.0 Å². The number of nitrogens with two attached hydrogens (primary N) is 1. The fourth-order valence-electron chi connectivity index (χ4n) is 4.04. The smallest absolute Gasteiger partial charge is 0.416 e. The molecule has 11 heteroatoms. The van der Waals surface area contributed by atoms with Gasteiger partial charge in [-0.15, -0.1) is 0 Å². The Morgan fingerprint density at radius 2 is 1.78 bits per heavy atom. The van der Waals surface area contributed by atoms with Gasteiger partial charge in [0.15, 0.2) is 0 Å². The Labute approximate surface area is 206 Å². The molecule has 0 aromatic heterocycles. The molecule has 0 saturated heterocycles. The van der Waals surface area contributed by atoms with Gasteiger partial charge in [-0.3, -0.25) is 9.69 Å². The molecule has 8 nitrogen and oxygen atoms in total. The minimum atomic E-state index is -4.65. The molecule has 192 valence electrons. The van der Waals surface area contributed by atoms with Crippen molar-refractivity contribution in [2.75, 3.05) is 30.3 Å². The number of nitrogen functional groups attached to an aromatic ring is 1. The number of benzene rings is 2. The molecule has 3 amide bonds. The van der Waals surface area contributed by atoms with Crippen molar-refractivity contribution in [2.45, 2.75) is 33.0 Å². The minimum absolute atomic E-state index is 0.0166. The molecule has 0 radical (unpaired) electrons. The van der Waals surface area contributed by atoms with E-state index < -0.39 is 42.2 Å². The first-order chi connectivity index (χ1) is 17.0. The Bertz CT molecular complexity index is 1180. The van der Waals surface area contributed by atoms with Gasteiger partial charge in [0.1, 0.15) is 6.54 Å². The molecule has 0 fully saturated rings. The van der Waals surface area contributed by atoms with Crippen LogP contribution in [0.1, 0.15) is 37.9 Å². The van der Waals surface area contributed by atoms with Crippen molar-refractivity contribution in [3.8, 4) is 0 Å². The van der Waals surface area contributed by atoms with Gasteiger partial charge in [0.2, 0.25) is 5.91 Å². The highest BCUT2D eigenvalue weighted by molar-refractivity contribution is 6.04. The fraction of sp³-hybridized carbons (Fsp3) is 0.320. The number of urea groups is 1. The number of ether oxygens (including phenoxy) is 1. The Balaban J connectivity index is 2.26. The second-order valence-electron chi connectivity index (χ2n) is 8.04. The summed E-state index contributed by atoms with van der Waals surface area (Å²) in [6.45, 7) is 4.64. The number of allylic oxidation sites excluding steroid dienone is 1. The third-order valence-corrected chi connectivity index (χ3v) is 5.61. The monoisotopic (exact) mass is 504 g/mol. The molecule has 1 aliphatic rings. The van der Waals surface area contributed by atoms with Crippen LogP contribution in [-0.4, -0.2) is 42.5 Å². The number of carbonyl (C=O) groups excluding carboxylic acids is 3. The predicted molar refractivity (Wildman–Crippen MR) is 128 cm³/mol. The van der Waals surface area contributed by atoms with E-state index in [4.69, 9.17) is 10.5 Å². The number of rotatable bonds is 7. The van der Waals surface area contributed by atoms with E-state index in [2.05, 4.69) is 5.32 Å². The first kappa shape index (κ1) is 26.6. The lowest BCUT2D eigenvalue weighted by molar-refractivity contribution is -0.140. The van der Waals surface area contributed by atoms with Crippen LogP contribution in [0.4, 0.5) is 29.3 Å². The van der Waals surface area contributed by atoms with Crippen molar-refractivity contribution in [1.29, 1.82) is 0 Å². The van der Waals surface area contributed by atoms with Crippen molar-refractivity contribution in [3.05, 3.63) is 70.9 Å². The maximum atomic E-state index is 13.8. The summed E-state index contributed by atoms with van der Waals surface area (Å²) in [5, 5.41) is 2.61. The number of amides is 3. The number of alkyl halides is 3. The summed E-state index contributed by atoms with van der Waals surface area (Å²) >= 11 is 0. The normalized spacial score (nSPS) is 16.3. The molecule has 0 unspecified atom stereocenters. The van der Waals surface area contributed by atoms with Crippen molar-refractivity contribution in [2.24, 2.45) is 0 Å². The number of hydrogen-bond acceptors (Lipinski definition) is 5. The largest absolute Gasteiger partial charge is 0.463 e. The van der Waals surface area contributed by atoms with Crippen molar-refractivity contribution >= 4 is 29.3 Å². The van der Waals surface area contributed by atoms with Gasteiger partial charge in [0, 0.05) is 17.9 Å². The highest BCUT2D eigenvalue weighted by Crippen LogP contribution is 2.41. The second-order valence-corrected chi connectivity index (χ2v) is 8.04. The predicted octanol–water partition coefficient (Wildman–Crippen LogP) is 4.24. The maximum absolute atomic E-state index is 13.8. The highest BCUT2D eigenvalue weighted by atomic mass is 19.4. The summed E-state index contributed by atoms with van der Waals surface area (Å²) in [4.78, 5) is 41.7. The topological polar surface area (TPSA) is 105 Å². The van der Waals surface area contributed by atoms with Crippen molar-refractivity contribution in [3.63, 3.8) is 0 Å². The maximum Gasteiger partial charge on any atom is 0.416 e. The zero-order chi connectivity index (χ0) is 26.6. The number of nitrogens with zero attached hydrogens (tertiary/aromatic N) is 2. The van der Waals surface area contributed by atoms with Crippen LogP contribution in [0.25, 0.3) is 0 Å². The first-order valence-corrected chi connectivity index (χ1v) is 11.3. The summed E-state index contributed by atoms with van der Waals surface area (Å²) in [5.74, 6) is -1.26. The van der Waals surface area contributed by atoms with E-state index >= 15 is 0 Å². The van der Waals surface area contributed by atoms with Crippen LogP contribution in [0.15, 0.2) is 59.8 Å². The van der Waals surface area contributed by atoms with Gasteiger partial charge in [0.25, 0.3) is 0 Å². The molecule has 3 N–H and O–H groups in total. The number of carbonyl (C=O) groups is 3. The molecule has 36 heavy (non-hydrogen) atoms. The van der Waals surface area contributed by atoms with Gasteiger partial charge >= 0.3 is 18.2 Å². The first-order valence-electron chi connectivity index (χ1n) is 11.3. The van der Waals surface area contributed by atoms with E-state index in [0.29, 0.717) is 17.8 Å². The molecule has 3 rings (SSSR count). The lowest BCUT2D eigenvalue weighted by Crippen LogP contribution is -2.53. The Morgan fingerprint density at radius 3 is 2.36 bits per heavy atom. The molecular weight excluding hydrogens is 477 g/mol. The third kappa shape index (κ3) is 5.45. The van der Waals surface area contributed by atoms with Crippen molar-refractivity contribution in [1.82, 2.24) is 10.2 Å². The molecule has 1 heterocycles. The number of anilines is 2. The van der Waals surface area contributed by atoms with E-state index in [0.717, 1.165) is 21.9 Å². The number of halogens is 3. The van der Waals surface area contributed by atoms with Crippen LogP contribution in [0.5, 0.6) is 0 Å². The zero-order valence-electron chi connectivity index (χ0n) is 20.1. The number of likely N-dealkylation sites (N-methyl/N-ethyl adjacent to an activating group) is 1. The van der Waals surface area contributed by atoms with Crippen LogP contribution in [0.3, 0.4) is 0 Å². The number of nitrogens with one attached hydrogen (secondary N) is 1. The summed E-state index contributed by atoms with van der Waals surface area (Å²) < 4.78 is 45.5. The molecule has 1 atom stereocenters. The minimum Gasteiger partial charge on any atom is -0.463 e. The Hall–Kier alpha value is -4.02. The molecule has 0 spiro atoms. The molecule has 0 bridgehead atoms. The SMILES string of the molecule is CCNC(=O)CN1C(=O)N(c2cccc(C(F)(F)F)c2)C(C)=C(C(=O)OCC)[C@H]1c1ccc(N)cc1. The van der Waals surface area contributed by atoms with E-state index in [-0.39, 0.29) is 23.6 Å². The molecule has 2 aromatic carbocycles. The summed E-state index contributed by atoms with van der Waals surface area (Å²) in [5.41, 5.74) is 5.77. The molecule has 2 aromatic rings. The highest BCUT2D eigenvalue weighted by Gasteiger charge is 2.44. The van der Waals surface area contributed by atoms with Gasteiger partial charge in [-0.1, -0.05) is 18.2 Å². The van der Waals surface area contributed by atoms with Crippen molar-refractivity contribution < 1.29 is 32.3 Å². The van der Waals surface area contributed by atoms with E-state index in [1.54, 1.807) is 38.1 Å². The van der Waals surface area contributed by atoms with Gasteiger partial charge in [-0.05, 0) is 56.7 Å². The van der Waals surface area contributed by atoms with E-state index in [9.17, 15) is 27.6 Å². The zero-order valence-corrected chi connectivity index (χ0v) is 20.1. The summed E-state index contributed by atoms with van der Waals surface area (Å²) in [7, 11) is 0. The number of hydrogen-bond donors (Lipinski definition) is 2. The average molecular weight is 505 g/mol. The van der Waals surface area contributed by atoms with Gasteiger partial charge < -0.3 is 20.7 Å². The Morgan fingerprint density at radius 1 is 1.11 bits per heavy atom. The van der Waals surface area contributed by atoms with E-state index in [1.165, 1.54) is 19.1 Å². The van der Waals surface area contributed by atoms with Crippen LogP contribution in [0.2, 0.25) is 0 Å². The second kappa shape index (κ2) is 10.7. The van der Waals surface area contributed by atoms with Gasteiger partial charge in [-0.25, -0.2) is 9.59 Å². The standard InChI is InChI=1S/C25H27F3N4O4/c1-4-30-20(33)14-31-22(16-9-11-18(29)12-10-16)21(23(34)36-5-2)15(3)32(24(31)35)19-8-6-7-17(13-19)25(26,27)28/h6-13,22H,4-5,14,29H2,1-3H3,(H,30,33)/t22-/m1/s1. The fourth-order valence-corrected chi connectivity index (χ4v) is 4.04. The lowest BCUT2D eigenvalue weighted by Gasteiger charge is -2.42. The molecule has 0 aliphatic carbocycles.